The molecule has 0 radical (unpaired) electrons. The highest BCUT2D eigenvalue weighted by Gasteiger charge is 2.15. The van der Waals surface area contributed by atoms with Crippen LogP contribution in [0.1, 0.15) is 16.1 Å². The fourth-order valence-corrected chi connectivity index (χ4v) is 4.03. The van der Waals surface area contributed by atoms with Crippen LogP contribution in [0, 0.1) is 12.7 Å². The Bertz CT molecular complexity index is 1070. The lowest BCUT2D eigenvalue weighted by Gasteiger charge is -2.03. The fraction of sp³-hybridized carbons (Fsp3) is 0.0556. The Balaban J connectivity index is 1.57. The van der Waals surface area contributed by atoms with Gasteiger partial charge in [-0.25, -0.2) is 14.1 Å². The quantitative estimate of drug-likeness (QED) is 0.552. The summed E-state index contributed by atoms with van der Waals surface area (Å²) in [4.78, 5) is 17.5. The number of anilines is 1. The number of carbonyl (C=O) groups is 1. The van der Waals surface area contributed by atoms with Crippen LogP contribution in [0.2, 0.25) is 0 Å². The van der Waals surface area contributed by atoms with Crippen molar-refractivity contribution in [3.05, 3.63) is 71.2 Å². The van der Waals surface area contributed by atoms with Crippen molar-refractivity contribution in [3.63, 3.8) is 0 Å². The second-order valence-electron chi connectivity index (χ2n) is 5.49. The predicted molar refractivity (Wildman–Crippen MR) is 102 cm³/mol. The van der Waals surface area contributed by atoms with E-state index in [4.69, 9.17) is 0 Å². The van der Waals surface area contributed by atoms with Crippen LogP contribution >= 0.6 is 22.7 Å². The Kier molecular flexibility index (Phi) is 4.36. The van der Waals surface area contributed by atoms with Crippen LogP contribution in [-0.4, -0.2) is 20.7 Å². The minimum Gasteiger partial charge on any atom is -0.313 e. The van der Waals surface area contributed by atoms with Crippen LogP contribution in [0.3, 0.4) is 0 Å². The number of hydrogen-bond acceptors (Lipinski definition) is 5. The van der Waals surface area contributed by atoms with Gasteiger partial charge in [-0.15, -0.1) is 22.7 Å². The van der Waals surface area contributed by atoms with Crippen molar-refractivity contribution in [1.82, 2.24) is 14.8 Å². The maximum atomic E-state index is 13.7. The Labute approximate surface area is 156 Å². The highest BCUT2D eigenvalue weighted by atomic mass is 32.1. The molecule has 4 rings (SSSR count). The Morgan fingerprint density at radius 3 is 2.85 bits per heavy atom. The van der Waals surface area contributed by atoms with Crippen LogP contribution in [0.15, 0.2) is 54.2 Å². The summed E-state index contributed by atoms with van der Waals surface area (Å²) in [5, 5.41) is 10.6. The maximum absolute atomic E-state index is 13.7. The summed E-state index contributed by atoms with van der Waals surface area (Å²) in [6, 6.07) is 9.63. The van der Waals surface area contributed by atoms with Crippen LogP contribution in [0.5, 0.6) is 0 Å². The zero-order valence-corrected chi connectivity index (χ0v) is 15.3. The number of nitrogens with one attached hydrogen (secondary N) is 1. The van der Waals surface area contributed by atoms with Crippen LogP contribution in [0.4, 0.5) is 9.39 Å². The second kappa shape index (κ2) is 6.81. The topological polar surface area (TPSA) is 59.8 Å². The number of benzene rings is 1. The average molecular weight is 384 g/mol. The third-order valence-corrected chi connectivity index (χ3v) is 5.54. The first kappa shape index (κ1) is 16.6. The van der Waals surface area contributed by atoms with Gasteiger partial charge < -0.3 is 5.32 Å². The summed E-state index contributed by atoms with van der Waals surface area (Å²) in [5.41, 5.74) is 1.86. The third-order valence-electron chi connectivity index (χ3n) is 3.74. The Morgan fingerprint density at radius 2 is 2.08 bits per heavy atom. The molecular formula is C18H13FN4OS2. The number of aryl methyl sites for hydroxylation is 1. The lowest BCUT2D eigenvalue weighted by atomic mass is 10.2. The molecule has 5 nitrogen and oxygen atoms in total. The Morgan fingerprint density at radius 1 is 1.23 bits per heavy atom. The molecule has 4 aromatic rings. The number of halogens is 1. The van der Waals surface area contributed by atoms with E-state index in [9.17, 15) is 9.18 Å². The first-order chi connectivity index (χ1) is 12.6. The molecule has 8 heteroatoms. The van der Waals surface area contributed by atoms with Crippen molar-refractivity contribution >= 4 is 33.6 Å². The van der Waals surface area contributed by atoms with E-state index in [1.807, 2.05) is 24.6 Å². The third kappa shape index (κ3) is 3.16. The molecule has 0 fully saturated rings. The molecule has 0 aliphatic heterocycles. The number of aromatic nitrogens is 3. The van der Waals surface area contributed by atoms with E-state index >= 15 is 0 Å². The zero-order valence-electron chi connectivity index (χ0n) is 13.6. The molecule has 26 heavy (non-hydrogen) atoms. The average Bonchev–Trinajstić information content (AvgIpc) is 3.35. The molecule has 0 aliphatic carbocycles. The molecule has 0 saturated carbocycles. The van der Waals surface area contributed by atoms with Gasteiger partial charge in [0.15, 0.2) is 0 Å². The first-order valence-electron chi connectivity index (χ1n) is 7.74. The highest BCUT2D eigenvalue weighted by molar-refractivity contribution is 7.19. The Hall–Kier alpha value is -2.84. The largest absolute Gasteiger partial charge is 0.313 e. The second-order valence-corrected chi connectivity index (χ2v) is 7.44. The number of amides is 1. The van der Waals surface area contributed by atoms with Crippen molar-refractivity contribution < 1.29 is 9.18 Å². The van der Waals surface area contributed by atoms with Gasteiger partial charge in [-0.05, 0) is 31.2 Å². The summed E-state index contributed by atoms with van der Waals surface area (Å²) < 4.78 is 15.5. The van der Waals surface area contributed by atoms with Crippen LogP contribution in [0.25, 0.3) is 15.6 Å². The van der Waals surface area contributed by atoms with Gasteiger partial charge in [0.2, 0.25) is 5.13 Å². The van der Waals surface area contributed by atoms with Crippen molar-refractivity contribution in [1.29, 1.82) is 0 Å². The van der Waals surface area contributed by atoms with E-state index in [1.54, 1.807) is 29.1 Å². The van der Waals surface area contributed by atoms with E-state index in [0.29, 0.717) is 5.00 Å². The van der Waals surface area contributed by atoms with Gasteiger partial charge in [0.25, 0.3) is 5.91 Å². The SMILES string of the molecule is Cc1nn(-c2nccs2)cc1-c1ccc(NC(=O)c2ccccc2F)s1. The molecule has 1 amide bonds. The number of thiophene rings is 1. The van der Waals surface area contributed by atoms with E-state index in [1.165, 1.54) is 34.8 Å². The molecule has 0 unspecified atom stereocenters. The van der Waals surface area contributed by atoms with E-state index in [-0.39, 0.29) is 5.56 Å². The van der Waals surface area contributed by atoms with Gasteiger partial charge in [-0.3, -0.25) is 4.79 Å². The molecule has 0 bridgehead atoms. The molecule has 1 N–H and O–H groups in total. The minimum atomic E-state index is -0.539. The molecule has 0 saturated heterocycles. The fourth-order valence-electron chi connectivity index (χ4n) is 2.50. The summed E-state index contributed by atoms with van der Waals surface area (Å²) in [6.07, 6.45) is 3.65. The van der Waals surface area contributed by atoms with Crippen molar-refractivity contribution in [2.75, 3.05) is 5.32 Å². The molecule has 1 aromatic carbocycles. The van der Waals surface area contributed by atoms with Gasteiger partial charge in [0.1, 0.15) is 5.82 Å². The molecule has 130 valence electrons. The molecule has 0 spiro atoms. The lowest BCUT2D eigenvalue weighted by Crippen LogP contribution is -2.12. The molecule has 0 aliphatic rings. The molecule has 0 atom stereocenters. The molecular weight excluding hydrogens is 371 g/mol. The van der Waals surface area contributed by atoms with Gasteiger partial charge in [0, 0.05) is 28.2 Å². The minimum absolute atomic E-state index is 0.0234. The van der Waals surface area contributed by atoms with Crippen molar-refractivity contribution in [2.45, 2.75) is 6.92 Å². The standard InChI is InChI=1S/C18H13FN4OS2/c1-11-13(10-23(22-11)18-20-8-9-25-18)15-6-7-16(26-15)21-17(24)12-4-2-3-5-14(12)19/h2-10H,1H3,(H,21,24). The van der Waals surface area contributed by atoms with Gasteiger partial charge in [-0.2, -0.15) is 5.10 Å². The summed E-state index contributed by atoms with van der Waals surface area (Å²) in [7, 11) is 0. The zero-order chi connectivity index (χ0) is 18.1. The van der Waals surface area contributed by atoms with Gasteiger partial charge in [0.05, 0.1) is 16.3 Å². The monoisotopic (exact) mass is 384 g/mol. The summed E-state index contributed by atoms with van der Waals surface area (Å²) >= 11 is 2.92. The number of thiazole rings is 1. The van der Waals surface area contributed by atoms with Crippen molar-refractivity contribution in [2.24, 2.45) is 0 Å². The van der Waals surface area contributed by atoms with E-state index < -0.39 is 11.7 Å². The van der Waals surface area contributed by atoms with E-state index in [0.717, 1.165) is 21.3 Å². The van der Waals surface area contributed by atoms with Gasteiger partial charge in [-0.1, -0.05) is 12.1 Å². The smallest absolute Gasteiger partial charge is 0.259 e. The lowest BCUT2D eigenvalue weighted by molar-refractivity contribution is 0.102. The normalized spacial score (nSPS) is 10.8. The number of nitrogens with zero attached hydrogens (tertiary/aromatic N) is 3. The number of rotatable bonds is 4. The van der Waals surface area contributed by atoms with E-state index in [2.05, 4.69) is 15.4 Å². The highest BCUT2D eigenvalue weighted by Crippen LogP contribution is 2.34. The van der Waals surface area contributed by atoms with Crippen molar-refractivity contribution in [3.8, 4) is 15.6 Å². The van der Waals surface area contributed by atoms with Gasteiger partial charge >= 0.3 is 0 Å². The molecule has 3 aromatic heterocycles. The van der Waals surface area contributed by atoms with Crippen LogP contribution in [-0.2, 0) is 0 Å². The first-order valence-corrected chi connectivity index (χ1v) is 9.43. The number of carbonyl (C=O) groups excluding carboxylic acids is 1. The summed E-state index contributed by atoms with van der Waals surface area (Å²) in [6.45, 7) is 1.93. The maximum Gasteiger partial charge on any atom is 0.259 e. The predicted octanol–water partition coefficient (Wildman–Crippen LogP) is 4.76. The number of hydrogen-bond donors (Lipinski definition) is 1. The summed E-state index contributed by atoms with van der Waals surface area (Å²) in [5.74, 6) is -1.01. The molecule has 3 heterocycles. The van der Waals surface area contributed by atoms with Crippen LogP contribution < -0.4 is 5.32 Å².